The van der Waals surface area contributed by atoms with Gasteiger partial charge in [-0.25, -0.2) is 4.39 Å². The molecule has 0 heterocycles. The van der Waals surface area contributed by atoms with Crippen LogP contribution in [0.4, 0.5) is 10.1 Å². The van der Waals surface area contributed by atoms with E-state index in [1.165, 1.54) is 6.07 Å². The summed E-state index contributed by atoms with van der Waals surface area (Å²) >= 11 is 0. The standard InChI is InChI=1S/C12H18FNO/c1-8(2)14(4)12-6-5-10(9(3)15)7-11(12)13/h5-9,15H,1-4H3. The maximum atomic E-state index is 13.7. The zero-order valence-electron chi connectivity index (χ0n) is 9.66. The van der Waals surface area contributed by atoms with Crippen LogP contribution in [0.25, 0.3) is 0 Å². The Bertz CT molecular complexity index is 336. The minimum Gasteiger partial charge on any atom is -0.389 e. The summed E-state index contributed by atoms with van der Waals surface area (Å²) in [5.41, 5.74) is 1.17. The van der Waals surface area contributed by atoms with Crippen LogP contribution in [-0.4, -0.2) is 18.2 Å². The molecule has 1 atom stereocenters. The maximum absolute atomic E-state index is 13.7. The lowest BCUT2D eigenvalue weighted by Gasteiger charge is -2.24. The fraction of sp³-hybridized carbons (Fsp3) is 0.500. The van der Waals surface area contributed by atoms with E-state index in [2.05, 4.69) is 0 Å². The van der Waals surface area contributed by atoms with Crippen LogP contribution in [0.2, 0.25) is 0 Å². The highest BCUT2D eigenvalue weighted by molar-refractivity contribution is 5.49. The van der Waals surface area contributed by atoms with Crippen molar-refractivity contribution in [1.82, 2.24) is 0 Å². The maximum Gasteiger partial charge on any atom is 0.146 e. The van der Waals surface area contributed by atoms with Gasteiger partial charge in [0.1, 0.15) is 5.82 Å². The Balaban J connectivity index is 3.03. The van der Waals surface area contributed by atoms with Gasteiger partial charge in [-0.2, -0.15) is 0 Å². The van der Waals surface area contributed by atoms with Gasteiger partial charge in [0.2, 0.25) is 0 Å². The van der Waals surface area contributed by atoms with Crippen LogP contribution in [0.5, 0.6) is 0 Å². The number of benzene rings is 1. The van der Waals surface area contributed by atoms with Gasteiger partial charge in [-0.05, 0) is 38.5 Å². The molecule has 3 heteroatoms. The highest BCUT2D eigenvalue weighted by Gasteiger charge is 2.12. The molecule has 0 bridgehead atoms. The minimum atomic E-state index is -0.627. The SMILES string of the molecule is CC(O)c1ccc(N(C)C(C)C)c(F)c1. The van der Waals surface area contributed by atoms with Gasteiger partial charge in [0.15, 0.2) is 0 Å². The van der Waals surface area contributed by atoms with Crippen molar-refractivity contribution in [2.75, 3.05) is 11.9 Å². The van der Waals surface area contributed by atoms with Crippen LogP contribution < -0.4 is 4.90 Å². The minimum absolute atomic E-state index is 0.247. The zero-order chi connectivity index (χ0) is 11.6. The normalized spacial score (nSPS) is 13.0. The predicted octanol–water partition coefficient (Wildman–Crippen LogP) is 2.72. The van der Waals surface area contributed by atoms with Crippen molar-refractivity contribution < 1.29 is 9.50 Å². The second kappa shape index (κ2) is 4.62. The van der Waals surface area contributed by atoms with E-state index in [0.717, 1.165) is 0 Å². The van der Waals surface area contributed by atoms with Crippen LogP contribution in [0.15, 0.2) is 18.2 Å². The first-order chi connectivity index (χ1) is 6.93. The summed E-state index contributed by atoms with van der Waals surface area (Å²) in [5, 5.41) is 9.31. The Kier molecular flexibility index (Phi) is 3.69. The highest BCUT2D eigenvalue weighted by Crippen LogP contribution is 2.23. The molecular weight excluding hydrogens is 193 g/mol. The average molecular weight is 211 g/mol. The largest absolute Gasteiger partial charge is 0.389 e. The van der Waals surface area contributed by atoms with Crippen molar-refractivity contribution in [3.8, 4) is 0 Å². The Morgan fingerprint density at radius 1 is 1.27 bits per heavy atom. The van der Waals surface area contributed by atoms with Crippen molar-refractivity contribution >= 4 is 5.69 Å². The number of aliphatic hydroxyl groups is 1. The summed E-state index contributed by atoms with van der Waals surface area (Å²) in [6.45, 7) is 5.63. The summed E-state index contributed by atoms with van der Waals surface area (Å²) in [6, 6.07) is 5.09. The van der Waals surface area contributed by atoms with E-state index in [-0.39, 0.29) is 11.9 Å². The smallest absolute Gasteiger partial charge is 0.146 e. The molecule has 0 aliphatic rings. The number of hydrogen-bond acceptors (Lipinski definition) is 2. The summed E-state index contributed by atoms with van der Waals surface area (Å²) < 4.78 is 13.7. The van der Waals surface area contributed by atoms with Gasteiger partial charge in [0.05, 0.1) is 11.8 Å². The molecular formula is C12H18FNO. The monoisotopic (exact) mass is 211 g/mol. The molecule has 1 aromatic carbocycles. The Morgan fingerprint density at radius 3 is 2.27 bits per heavy atom. The van der Waals surface area contributed by atoms with Crippen molar-refractivity contribution in [2.24, 2.45) is 0 Å². The molecule has 1 aromatic rings. The molecule has 2 nitrogen and oxygen atoms in total. The van der Waals surface area contributed by atoms with Gasteiger partial charge >= 0.3 is 0 Å². The van der Waals surface area contributed by atoms with E-state index in [0.29, 0.717) is 11.3 Å². The van der Waals surface area contributed by atoms with Crippen LogP contribution in [0.3, 0.4) is 0 Å². The fourth-order valence-electron chi connectivity index (χ4n) is 1.35. The van der Waals surface area contributed by atoms with E-state index >= 15 is 0 Å². The Hall–Kier alpha value is -1.09. The highest BCUT2D eigenvalue weighted by atomic mass is 19.1. The molecule has 0 saturated heterocycles. The lowest BCUT2D eigenvalue weighted by Crippen LogP contribution is -2.26. The van der Waals surface area contributed by atoms with Gasteiger partial charge in [-0.3, -0.25) is 0 Å². The number of halogens is 1. The summed E-state index contributed by atoms with van der Waals surface area (Å²) in [7, 11) is 1.85. The zero-order valence-corrected chi connectivity index (χ0v) is 9.66. The molecule has 0 aliphatic heterocycles. The molecule has 84 valence electrons. The van der Waals surface area contributed by atoms with E-state index < -0.39 is 6.10 Å². The Morgan fingerprint density at radius 2 is 1.87 bits per heavy atom. The van der Waals surface area contributed by atoms with Crippen molar-refractivity contribution in [1.29, 1.82) is 0 Å². The molecule has 1 rings (SSSR count). The van der Waals surface area contributed by atoms with Gasteiger partial charge in [0, 0.05) is 13.1 Å². The molecule has 1 unspecified atom stereocenters. The molecule has 1 N–H and O–H groups in total. The van der Waals surface area contributed by atoms with Gasteiger partial charge in [0.25, 0.3) is 0 Å². The first-order valence-electron chi connectivity index (χ1n) is 5.13. The summed E-state index contributed by atoms with van der Waals surface area (Å²) in [5.74, 6) is -0.287. The van der Waals surface area contributed by atoms with Crippen LogP contribution in [0, 0.1) is 5.82 Å². The topological polar surface area (TPSA) is 23.5 Å². The number of nitrogens with zero attached hydrogens (tertiary/aromatic N) is 1. The Labute approximate surface area is 90.3 Å². The second-order valence-corrected chi connectivity index (χ2v) is 4.09. The molecule has 0 radical (unpaired) electrons. The predicted molar refractivity (Wildman–Crippen MR) is 60.6 cm³/mol. The van der Waals surface area contributed by atoms with Crippen LogP contribution in [0.1, 0.15) is 32.4 Å². The summed E-state index contributed by atoms with van der Waals surface area (Å²) in [4.78, 5) is 1.86. The number of hydrogen-bond donors (Lipinski definition) is 1. The van der Waals surface area contributed by atoms with E-state index in [1.807, 2.05) is 25.8 Å². The first-order valence-corrected chi connectivity index (χ1v) is 5.13. The molecule has 0 aromatic heterocycles. The van der Waals surface area contributed by atoms with Crippen molar-refractivity contribution in [3.05, 3.63) is 29.6 Å². The quantitative estimate of drug-likeness (QED) is 0.831. The van der Waals surface area contributed by atoms with E-state index in [9.17, 15) is 9.50 Å². The molecule has 0 saturated carbocycles. The van der Waals surface area contributed by atoms with Crippen LogP contribution >= 0.6 is 0 Å². The number of anilines is 1. The first kappa shape index (κ1) is 12.0. The molecule has 0 amide bonds. The third-order valence-corrected chi connectivity index (χ3v) is 2.61. The number of aliphatic hydroxyl groups excluding tert-OH is 1. The van der Waals surface area contributed by atoms with E-state index in [4.69, 9.17) is 0 Å². The fourth-order valence-corrected chi connectivity index (χ4v) is 1.35. The van der Waals surface area contributed by atoms with Crippen molar-refractivity contribution in [3.63, 3.8) is 0 Å². The number of rotatable bonds is 3. The van der Waals surface area contributed by atoms with Gasteiger partial charge in [-0.1, -0.05) is 6.07 Å². The lowest BCUT2D eigenvalue weighted by atomic mass is 10.1. The van der Waals surface area contributed by atoms with Crippen molar-refractivity contribution in [2.45, 2.75) is 32.9 Å². The third-order valence-electron chi connectivity index (χ3n) is 2.61. The second-order valence-electron chi connectivity index (χ2n) is 4.09. The molecule has 15 heavy (non-hydrogen) atoms. The van der Waals surface area contributed by atoms with Crippen LogP contribution in [-0.2, 0) is 0 Å². The summed E-state index contributed by atoms with van der Waals surface area (Å²) in [6.07, 6.45) is -0.627. The van der Waals surface area contributed by atoms with Gasteiger partial charge < -0.3 is 10.0 Å². The van der Waals surface area contributed by atoms with Gasteiger partial charge in [-0.15, -0.1) is 0 Å². The molecule has 0 aliphatic carbocycles. The molecule has 0 fully saturated rings. The lowest BCUT2D eigenvalue weighted by molar-refractivity contribution is 0.199. The van der Waals surface area contributed by atoms with E-state index in [1.54, 1.807) is 19.1 Å². The third kappa shape index (κ3) is 2.69. The molecule has 0 spiro atoms. The average Bonchev–Trinajstić information content (AvgIpc) is 2.16.